The van der Waals surface area contributed by atoms with E-state index in [0.29, 0.717) is 17.4 Å². The Morgan fingerprint density at radius 1 is 0.667 bits per heavy atom. The van der Waals surface area contributed by atoms with Crippen molar-refractivity contribution in [2.24, 2.45) is 0 Å². The molecule has 0 aliphatic heterocycles. The number of phosphoric ester groups is 1. The fraction of sp³-hybridized carbons (Fsp3) is 0.750. The first-order valence-electron chi connectivity index (χ1n) is 21.2. The molecule has 10 heteroatoms. The van der Waals surface area contributed by atoms with Crippen LogP contribution in [0.1, 0.15) is 155 Å². The number of hydrogen-bond acceptors (Lipinski definition) is 7. The van der Waals surface area contributed by atoms with Crippen LogP contribution in [0.3, 0.4) is 0 Å². The third-order valence-electron chi connectivity index (χ3n) is 8.83. The van der Waals surface area contributed by atoms with E-state index in [9.17, 15) is 19.4 Å². The zero-order valence-corrected chi connectivity index (χ0v) is 35.9. The highest BCUT2D eigenvalue weighted by Crippen LogP contribution is 2.43. The Morgan fingerprint density at radius 2 is 1.19 bits per heavy atom. The summed E-state index contributed by atoms with van der Waals surface area (Å²) in [5.74, 6) is -0.344. The van der Waals surface area contributed by atoms with Gasteiger partial charge in [0.05, 0.1) is 40.1 Å². The van der Waals surface area contributed by atoms with Crippen LogP contribution >= 0.6 is 7.82 Å². The Hall–Kier alpha value is -2.00. The summed E-state index contributed by atoms with van der Waals surface area (Å²) in [5, 5.41) is 9.56. The Labute approximate surface area is 331 Å². The predicted octanol–water partition coefficient (Wildman–Crippen LogP) is 11.5. The second-order valence-corrected chi connectivity index (χ2v) is 16.7. The zero-order chi connectivity index (χ0) is 40.0. The minimum Gasteiger partial charge on any atom is -0.492 e. The van der Waals surface area contributed by atoms with Crippen LogP contribution in [0.5, 0.6) is 0 Å². The first-order chi connectivity index (χ1) is 26.0. The molecule has 0 aliphatic rings. The molecule has 0 rings (SSSR count). The SMILES string of the molecule is CCCCCCCCCCCCCC/C=C/O[C@H](COC(=O)CCC/C=C\C/C=C\C/C=C\C/C=C\CC[C@@H](O)CC)COP(=O)(O)OCC[N+](C)(C)C. The molecule has 0 heterocycles. The van der Waals surface area contributed by atoms with Crippen molar-refractivity contribution in [2.45, 2.75) is 167 Å². The van der Waals surface area contributed by atoms with Crippen LogP contribution in [-0.4, -0.2) is 80.2 Å². The number of esters is 1. The van der Waals surface area contributed by atoms with E-state index in [0.717, 1.165) is 57.8 Å². The average molecular weight is 783 g/mol. The monoisotopic (exact) mass is 783 g/mol. The average Bonchev–Trinajstić information content (AvgIpc) is 3.12. The van der Waals surface area contributed by atoms with Crippen LogP contribution in [0, 0.1) is 0 Å². The van der Waals surface area contributed by atoms with E-state index in [-0.39, 0.29) is 38.3 Å². The van der Waals surface area contributed by atoms with Crippen LogP contribution in [0.2, 0.25) is 0 Å². The van der Waals surface area contributed by atoms with E-state index in [2.05, 4.69) is 55.5 Å². The van der Waals surface area contributed by atoms with Crippen molar-refractivity contribution >= 4 is 13.8 Å². The number of hydrogen-bond donors (Lipinski definition) is 2. The molecule has 0 spiro atoms. The highest BCUT2D eigenvalue weighted by atomic mass is 31.2. The highest BCUT2D eigenvalue weighted by Gasteiger charge is 2.25. The zero-order valence-electron chi connectivity index (χ0n) is 35.1. The minimum atomic E-state index is -4.28. The smallest absolute Gasteiger partial charge is 0.472 e. The summed E-state index contributed by atoms with van der Waals surface area (Å²) >= 11 is 0. The normalized spacial score (nSPS) is 14.9. The fourth-order valence-corrected chi connectivity index (χ4v) is 6.01. The van der Waals surface area contributed by atoms with Gasteiger partial charge >= 0.3 is 13.8 Å². The number of nitrogens with zero attached hydrogens (tertiary/aromatic N) is 1. The van der Waals surface area contributed by atoms with Gasteiger partial charge in [0.1, 0.15) is 19.8 Å². The topological polar surface area (TPSA) is 112 Å². The van der Waals surface area contributed by atoms with Crippen LogP contribution < -0.4 is 0 Å². The maximum absolute atomic E-state index is 12.4. The lowest BCUT2D eigenvalue weighted by atomic mass is 10.0. The maximum atomic E-state index is 12.4. The molecule has 0 aromatic heterocycles. The molecule has 54 heavy (non-hydrogen) atoms. The molecule has 0 fully saturated rings. The lowest BCUT2D eigenvalue weighted by molar-refractivity contribution is -0.870. The number of unbranched alkanes of at least 4 members (excludes halogenated alkanes) is 13. The van der Waals surface area contributed by atoms with Crippen molar-refractivity contribution in [3.63, 3.8) is 0 Å². The van der Waals surface area contributed by atoms with Crippen molar-refractivity contribution < 1.29 is 42.4 Å². The van der Waals surface area contributed by atoms with Crippen LogP contribution in [-0.2, 0) is 27.9 Å². The summed E-state index contributed by atoms with van der Waals surface area (Å²) in [5.41, 5.74) is 0. The van der Waals surface area contributed by atoms with Crippen molar-refractivity contribution in [1.82, 2.24) is 0 Å². The van der Waals surface area contributed by atoms with Crippen molar-refractivity contribution in [2.75, 3.05) is 47.5 Å². The van der Waals surface area contributed by atoms with Gasteiger partial charge in [0, 0.05) is 6.42 Å². The van der Waals surface area contributed by atoms with Gasteiger partial charge in [-0.25, -0.2) is 4.57 Å². The van der Waals surface area contributed by atoms with Crippen molar-refractivity contribution in [3.8, 4) is 0 Å². The largest absolute Gasteiger partial charge is 0.492 e. The molecular formula is C44H81NO8P+. The van der Waals surface area contributed by atoms with Gasteiger partial charge in [-0.1, -0.05) is 133 Å². The van der Waals surface area contributed by atoms with E-state index >= 15 is 0 Å². The second-order valence-electron chi connectivity index (χ2n) is 15.2. The molecule has 3 atom stereocenters. The Kier molecular flexibility index (Phi) is 35.3. The van der Waals surface area contributed by atoms with Crippen molar-refractivity contribution in [1.29, 1.82) is 0 Å². The van der Waals surface area contributed by atoms with Gasteiger partial charge in [-0.05, 0) is 70.3 Å². The van der Waals surface area contributed by atoms with Crippen LogP contribution in [0.25, 0.3) is 0 Å². The second kappa shape index (κ2) is 36.6. The molecule has 0 aromatic carbocycles. The van der Waals surface area contributed by atoms with Gasteiger partial charge in [0.15, 0.2) is 6.10 Å². The third kappa shape index (κ3) is 39.7. The van der Waals surface area contributed by atoms with Gasteiger partial charge < -0.3 is 24.0 Å². The Balaban J connectivity index is 4.41. The molecular weight excluding hydrogens is 701 g/mol. The highest BCUT2D eigenvalue weighted by molar-refractivity contribution is 7.47. The number of phosphoric acid groups is 1. The van der Waals surface area contributed by atoms with E-state index in [4.69, 9.17) is 18.5 Å². The number of allylic oxidation sites excluding steroid dienone is 9. The van der Waals surface area contributed by atoms with Crippen LogP contribution in [0.4, 0.5) is 0 Å². The lowest BCUT2D eigenvalue weighted by Gasteiger charge is -2.24. The quantitative estimate of drug-likeness (QED) is 0.0159. The van der Waals surface area contributed by atoms with Gasteiger partial charge in [0.25, 0.3) is 0 Å². The Bertz CT molecular complexity index is 1070. The third-order valence-corrected chi connectivity index (χ3v) is 9.82. The minimum absolute atomic E-state index is 0.0736. The molecule has 9 nitrogen and oxygen atoms in total. The molecule has 1 unspecified atom stereocenters. The summed E-state index contributed by atoms with van der Waals surface area (Å²) in [4.78, 5) is 22.6. The first-order valence-corrected chi connectivity index (χ1v) is 22.6. The predicted molar refractivity (Wildman–Crippen MR) is 225 cm³/mol. The number of aliphatic hydroxyl groups excluding tert-OH is 1. The number of aliphatic hydroxyl groups is 1. The number of carbonyl (C=O) groups is 1. The van der Waals surface area contributed by atoms with Gasteiger partial charge in [-0.2, -0.15) is 0 Å². The molecule has 0 aromatic rings. The van der Waals surface area contributed by atoms with Gasteiger partial charge in [-0.15, -0.1) is 0 Å². The summed E-state index contributed by atoms with van der Waals surface area (Å²) < 4.78 is 34.6. The van der Waals surface area contributed by atoms with Gasteiger partial charge in [-0.3, -0.25) is 13.8 Å². The molecule has 2 N–H and O–H groups in total. The fourth-order valence-electron chi connectivity index (χ4n) is 5.27. The number of likely N-dealkylation sites (N-methyl/N-ethyl adjacent to an activating group) is 1. The maximum Gasteiger partial charge on any atom is 0.472 e. The summed E-state index contributed by atoms with van der Waals surface area (Å²) in [6.07, 6.45) is 43.0. The van der Waals surface area contributed by atoms with Crippen molar-refractivity contribution in [3.05, 3.63) is 60.9 Å². The molecule has 0 bridgehead atoms. The summed E-state index contributed by atoms with van der Waals surface area (Å²) in [6.45, 7) is 4.54. The number of ether oxygens (including phenoxy) is 2. The van der Waals surface area contributed by atoms with E-state index in [1.165, 1.54) is 70.6 Å². The molecule has 0 amide bonds. The van der Waals surface area contributed by atoms with E-state index in [1.54, 1.807) is 6.26 Å². The Morgan fingerprint density at radius 3 is 1.74 bits per heavy atom. The number of quaternary nitrogens is 1. The number of carbonyl (C=O) groups excluding carboxylic acids is 1. The summed E-state index contributed by atoms with van der Waals surface area (Å²) in [6, 6.07) is 0. The molecule has 0 radical (unpaired) electrons. The lowest BCUT2D eigenvalue weighted by Crippen LogP contribution is -2.37. The number of rotatable bonds is 38. The molecule has 0 aliphatic carbocycles. The van der Waals surface area contributed by atoms with Crippen LogP contribution in [0.15, 0.2) is 60.9 Å². The molecule has 0 saturated carbocycles. The first kappa shape index (κ1) is 52.0. The van der Waals surface area contributed by atoms with E-state index < -0.39 is 13.9 Å². The van der Waals surface area contributed by atoms with E-state index in [1.807, 2.05) is 34.1 Å². The summed E-state index contributed by atoms with van der Waals surface area (Å²) in [7, 11) is 1.62. The standard InChI is InChI=1S/C44H80NO8P/c1-6-8-9-10-11-12-13-14-19-22-25-28-31-34-38-50-43(41-53-54(48,49)52-39-37-45(3,4)5)40-51-44(47)36-33-30-27-24-21-18-16-15-17-20-23-26-29-32-35-42(46)7-2/h16-18,20,24,26-27,29,34,38,42-43,46H,6-15,19,21-23,25,28,30-33,35-37,39-41H2,1-5H3/p+1/b18-16-,20-17-,27-24-,29-26-,38-34+/t42-,43+/m0/s1. The molecule has 314 valence electrons. The van der Waals surface area contributed by atoms with Gasteiger partial charge in [0.2, 0.25) is 0 Å². The molecule has 0 saturated heterocycles.